The van der Waals surface area contributed by atoms with Crippen molar-refractivity contribution in [2.45, 2.75) is 13.5 Å². The summed E-state index contributed by atoms with van der Waals surface area (Å²) < 4.78 is 12.7. The Hall–Kier alpha value is -4.04. The van der Waals surface area contributed by atoms with Crippen LogP contribution in [0.3, 0.4) is 0 Å². The average molecular weight is 480 g/mol. The number of carbonyl (C=O) groups is 3. The third-order valence-corrected chi connectivity index (χ3v) is 5.57. The van der Waals surface area contributed by atoms with Crippen LogP contribution in [0.4, 0.5) is 10.5 Å². The Kier molecular flexibility index (Phi) is 6.70. The predicted molar refractivity (Wildman–Crippen MR) is 128 cm³/mol. The second-order valence-corrected chi connectivity index (χ2v) is 7.97. The zero-order chi connectivity index (χ0) is 24.2. The van der Waals surface area contributed by atoms with E-state index in [1.807, 2.05) is 42.0 Å². The van der Waals surface area contributed by atoms with E-state index in [1.54, 1.807) is 12.1 Å². The van der Waals surface area contributed by atoms with Crippen LogP contribution in [0.25, 0.3) is 6.08 Å². The molecule has 3 aromatic rings. The molecule has 4 rings (SSSR count). The number of urea groups is 1. The highest BCUT2D eigenvalue weighted by Crippen LogP contribution is 2.31. The highest BCUT2D eigenvalue weighted by molar-refractivity contribution is 6.39. The Labute approximate surface area is 201 Å². The van der Waals surface area contributed by atoms with Crippen molar-refractivity contribution in [3.05, 3.63) is 82.6 Å². The van der Waals surface area contributed by atoms with Gasteiger partial charge >= 0.3 is 6.03 Å². The third kappa shape index (κ3) is 4.82. The van der Waals surface area contributed by atoms with Crippen molar-refractivity contribution < 1.29 is 23.9 Å². The van der Waals surface area contributed by atoms with Crippen molar-refractivity contribution >= 4 is 41.2 Å². The van der Waals surface area contributed by atoms with E-state index in [2.05, 4.69) is 5.32 Å². The van der Waals surface area contributed by atoms with Crippen LogP contribution in [0.1, 0.15) is 11.3 Å². The van der Waals surface area contributed by atoms with Gasteiger partial charge in [-0.2, -0.15) is 0 Å². The number of rotatable bonds is 7. The maximum Gasteiger partial charge on any atom is 0.335 e. The van der Waals surface area contributed by atoms with Gasteiger partial charge in [-0.15, -0.1) is 0 Å². The molecule has 2 aromatic carbocycles. The first kappa shape index (κ1) is 23.1. The number of hydrogen-bond donors (Lipinski definition) is 1. The van der Waals surface area contributed by atoms with Gasteiger partial charge in [0.15, 0.2) is 0 Å². The molecule has 0 bridgehead atoms. The lowest BCUT2D eigenvalue weighted by Gasteiger charge is -2.26. The van der Waals surface area contributed by atoms with Crippen LogP contribution in [0.15, 0.2) is 66.4 Å². The van der Waals surface area contributed by atoms with E-state index < -0.39 is 17.8 Å². The monoisotopic (exact) mass is 479 g/mol. The Morgan fingerprint density at radius 2 is 1.82 bits per heavy atom. The zero-order valence-electron chi connectivity index (χ0n) is 18.6. The molecule has 1 saturated heterocycles. The topological polar surface area (TPSA) is 89.9 Å². The molecule has 0 spiro atoms. The highest BCUT2D eigenvalue weighted by Gasteiger charge is 2.37. The maximum atomic E-state index is 13.1. The van der Waals surface area contributed by atoms with Crippen molar-refractivity contribution in [1.29, 1.82) is 0 Å². The molecule has 1 aliphatic rings. The minimum atomic E-state index is -0.852. The summed E-state index contributed by atoms with van der Waals surface area (Å²) in [5, 5.41) is 2.44. The molecule has 0 radical (unpaired) electrons. The summed E-state index contributed by atoms with van der Waals surface area (Å²) in [6, 6.07) is 14.9. The molecule has 1 N–H and O–H groups in total. The molecule has 1 aromatic heterocycles. The number of nitrogens with one attached hydrogen (secondary N) is 1. The molecule has 0 unspecified atom stereocenters. The van der Waals surface area contributed by atoms with E-state index in [1.165, 1.54) is 31.4 Å². The fraction of sp³-hybridized carbons (Fsp3) is 0.160. The van der Waals surface area contributed by atoms with Crippen molar-refractivity contribution in [2.24, 2.45) is 0 Å². The van der Waals surface area contributed by atoms with Crippen LogP contribution in [0, 0.1) is 6.92 Å². The maximum absolute atomic E-state index is 13.1. The molecule has 1 aliphatic heterocycles. The van der Waals surface area contributed by atoms with Crippen LogP contribution in [-0.4, -0.2) is 36.1 Å². The lowest BCUT2D eigenvalue weighted by Crippen LogP contribution is -2.54. The Morgan fingerprint density at radius 1 is 1.06 bits per heavy atom. The van der Waals surface area contributed by atoms with Gasteiger partial charge in [-0.25, -0.2) is 9.69 Å². The van der Waals surface area contributed by atoms with Gasteiger partial charge in [0.25, 0.3) is 11.8 Å². The van der Waals surface area contributed by atoms with Crippen molar-refractivity contribution in [3.8, 4) is 11.5 Å². The van der Waals surface area contributed by atoms with Gasteiger partial charge in [-0.3, -0.25) is 14.9 Å². The van der Waals surface area contributed by atoms with Gasteiger partial charge < -0.3 is 14.0 Å². The number of aryl methyl sites for hydroxylation is 1. The summed E-state index contributed by atoms with van der Waals surface area (Å²) in [6.45, 7) is 2.89. The number of anilines is 1. The molecular weight excluding hydrogens is 458 g/mol. The smallest absolute Gasteiger partial charge is 0.335 e. The minimum Gasteiger partial charge on any atom is -0.495 e. The number of nitrogens with zero attached hydrogens (tertiary/aromatic N) is 2. The Bertz CT molecular complexity index is 1280. The summed E-state index contributed by atoms with van der Waals surface area (Å²) in [6.07, 6.45) is 3.27. The van der Waals surface area contributed by atoms with E-state index in [-0.39, 0.29) is 16.3 Å². The summed E-state index contributed by atoms with van der Waals surface area (Å²) in [7, 11) is 1.46. The van der Waals surface area contributed by atoms with E-state index in [0.29, 0.717) is 24.6 Å². The number of ether oxygens (including phenoxy) is 2. The normalized spacial score (nSPS) is 15.0. The minimum absolute atomic E-state index is 0.175. The first-order valence-electron chi connectivity index (χ1n) is 10.5. The predicted octanol–water partition coefficient (Wildman–Crippen LogP) is 4.20. The van der Waals surface area contributed by atoms with E-state index in [9.17, 15) is 14.4 Å². The number of aromatic nitrogens is 1. The number of benzene rings is 2. The van der Waals surface area contributed by atoms with Crippen LogP contribution < -0.4 is 19.7 Å². The molecule has 1 fully saturated rings. The van der Waals surface area contributed by atoms with Gasteiger partial charge in [0.05, 0.1) is 24.4 Å². The van der Waals surface area contributed by atoms with Crippen LogP contribution in [-0.2, 0) is 16.1 Å². The number of amides is 4. The van der Waals surface area contributed by atoms with Crippen LogP contribution in [0.2, 0.25) is 5.02 Å². The molecular formula is C25H22ClN3O5. The number of barbiturate groups is 1. The second kappa shape index (κ2) is 9.84. The van der Waals surface area contributed by atoms with Gasteiger partial charge in [0, 0.05) is 11.9 Å². The first-order valence-corrected chi connectivity index (χ1v) is 10.8. The summed E-state index contributed by atoms with van der Waals surface area (Å²) in [5.41, 5.74) is 1.80. The summed E-state index contributed by atoms with van der Waals surface area (Å²) >= 11 is 6.15. The molecule has 8 nitrogen and oxygen atoms in total. The Morgan fingerprint density at radius 3 is 2.53 bits per heavy atom. The molecule has 174 valence electrons. The molecule has 2 heterocycles. The number of halogens is 1. The van der Waals surface area contributed by atoms with Gasteiger partial charge in [0.1, 0.15) is 23.7 Å². The van der Waals surface area contributed by atoms with Crippen LogP contribution in [0.5, 0.6) is 11.5 Å². The molecule has 9 heteroatoms. The molecule has 0 atom stereocenters. The fourth-order valence-corrected chi connectivity index (χ4v) is 3.74. The van der Waals surface area contributed by atoms with Gasteiger partial charge in [0.2, 0.25) is 0 Å². The van der Waals surface area contributed by atoms with Gasteiger partial charge in [-0.1, -0.05) is 29.3 Å². The molecule has 34 heavy (non-hydrogen) atoms. The molecule has 0 aliphatic carbocycles. The lowest BCUT2D eigenvalue weighted by molar-refractivity contribution is -0.122. The first-order chi connectivity index (χ1) is 16.4. The number of imide groups is 2. The van der Waals surface area contributed by atoms with Crippen molar-refractivity contribution in [3.63, 3.8) is 0 Å². The average Bonchev–Trinajstić information content (AvgIpc) is 3.25. The number of methoxy groups -OCH3 is 1. The highest BCUT2D eigenvalue weighted by atomic mass is 35.5. The van der Waals surface area contributed by atoms with Crippen molar-refractivity contribution in [1.82, 2.24) is 9.88 Å². The zero-order valence-corrected chi connectivity index (χ0v) is 19.3. The van der Waals surface area contributed by atoms with E-state index >= 15 is 0 Å². The Balaban J connectivity index is 1.54. The largest absolute Gasteiger partial charge is 0.495 e. The fourth-order valence-electron chi connectivity index (χ4n) is 3.49. The third-order valence-electron chi connectivity index (χ3n) is 5.27. The van der Waals surface area contributed by atoms with Crippen LogP contribution >= 0.6 is 11.6 Å². The standard InChI is InChI=1S/C25H22ClN3O5/c1-16-5-8-19(9-6-16)34-13-12-28-11-3-4-17(28)14-20-23(30)27-25(32)29(24(20)31)18-7-10-22(33-2)21(26)15-18/h3-11,14-15H,12-13H2,1-2H3,(H,27,30,32)/b20-14-. The number of hydrogen-bond acceptors (Lipinski definition) is 5. The second-order valence-electron chi connectivity index (χ2n) is 7.56. The quantitative estimate of drug-likeness (QED) is 0.405. The molecule has 4 amide bonds. The van der Waals surface area contributed by atoms with E-state index in [0.717, 1.165) is 16.2 Å². The van der Waals surface area contributed by atoms with Crippen molar-refractivity contribution in [2.75, 3.05) is 18.6 Å². The summed E-state index contributed by atoms with van der Waals surface area (Å²) in [5.74, 6) is -0.368. The summed E-state index contributed by atoms with van der Waals surface area (Å²) in [4.78, 5) is 39.0. The van der Waals surface area contributed by atoms with Gasteiger partial charge in [-0.05, 0) is 55.5 Å². The molecule has 0 saturated carbocycles. The SMILES string of the molecule is COc1ccc(N2C(=O)NC(=O)/C(=C/c3cccn3CCOc3ccc(C)cc3)C2=O)cc1Cl. The lowest BCUT2D eigenvalue weighted by atomic mass is 10.1. The van der Waals surface area contributed by atoms with E-state index in [4.69, 9.17) is 21.1 Å². The number of carbonyl (C=O) groups excluding carboxylic acids is 3.